The van der Waals surface area contributed by atoms with E-state index in [9.17, 15) is 9.90 Å². The predicted molar refractivity (Wildman–Crippen MR) is 74.3 cm³/mol. The average molecular weight is 279 g/mol. The fourth-order valence-corrected chi connectivity index (χ4v) is 2.09. The number of rotatable bonds is 9. The third-order valence-electron chi connectivity index (χ3n) is 3.35. The second kappa shape index (κ2) is 7.38. The lowest BCUT2D eigenvalue weighted by Crippen LogP contribution is -2.43. The second-order valence-corrected chi connectivity index (χ2v) is 5.22. The van der Waals surface area contributed by atoms with Gasteiger partial charge in [-0.25, -0.2) is 0 Å². The Labute approximate surface area is 118 Å². The van der Waals surface area contributed by atoms with Crippen molar-refractivity contribution in [1.29, 1.82) is 0 Å². The van der Waals surface area contributed by atoms with Gasteiger partial charge in [0.15, 0.2) is 0 Å². The molecule has 5 nitrogen and oxygen atoms in total. The minimum Gasteiger partial charge on any atom is -0.480 e. The van der Waals surface area contributed by atoms with Crippen LogP contribution in [0.5, 0.6) is 0 Å². The summed E-state index contributed by atoms with van der Waals surface area (Å²) in [5.41, 5.74) is 1.05. The van der Waals surface area contributed by atoms with E-state index in [0.29, 0.717) is 6.61 Å². The molecule has 1 aliphatic carbocycles. The van der Waals surface area contributed by atoms with Crippen LogP contribution in [0, 0.1) is 5.92 Å². The summed E-state index contributed by atoms with van der Waals surface area (Å²) in [5.74, 6) is -0.630. The molecule has 0 aliphatic heterocycles. The van der Waals surface area contributed by atoms with E-state index in [2.05, 4.69) is 5.32 Å². The molecule has 0 bridgehead atoms. The van der Waals surface area contributed by atoms with E-state index in [1.807, 2.05) is 30.3 Å². The van der Waals surface area contributed by atoms with Crippen molar-refractivity contribution in [2.75, 3.05) is 13.2 Å². The first-order valence-corrected chi connectivity index (χ1v) is 6.92. The van der Waals surface area contributed by atoms with E-state index < -0.39 is 18.1 Å². The number of carboxylic acid groups (broad SMARTS) is 1. The summed E-state index contributed by atoms with van der Waals surface area (Å²) in [6.07, 6.45) is 1.20. The van der Waals surface area contributed by atoms with Crippen molar-refractivity contribution < 1.29 is 19.7 Å². The SMILES string of the molecule is O=C(O)C(NCC(O)COCc1ccccc1)C1CC1. The summed E-state index contributed by atoms with van der Waals surface area (Å²) in [6.45, 7) is 0.879. The second-order valence-electron chi connectivity index (χ2n) is 5.22. The Morgan fingerprint density at radius 2 is 2.05 bits per heavy atom. The molecular weight excluding hydrogens is 258 g/mol. The molecule has 0 heterocycles. The maximum atomic E-state index is 11.0. The molecule has 3 N–H and O–H groups in total. The van der Waals surface area contributed by atoms with E-state index in [0.717, 1.165) is 18.4 Å². The van der Waals surface area contributed by atoms with Crippen LogP contribution in [0.4, 0.5) is 0 Å². The van der Waals surface area contributed by atoms with Gasteiger partial charge in [0.2, 0.25) is 0 Å². The number of aliphatic hydroxyl groups is 1. The molecule has 1 aromatic carbocycles. The minimum absolute atomic E-state index is 0.193. The zero-order chi connectivity index (χ0) is 14.4. The zero-order valence-electron chi connectivity index (χ0n) is 11.4. The van der Waals surface area contributed by atoms with Crippen molar-refractivity contribution in [3.8, 4) is 0 Å². The molecular formula is C15H21NO4. The molecule has 0 radical (unpaired) electrons. The van der Waals surface area contributed by atoms with Crippen molar-refractivity contribution in [2.24, 2.45) is 5.92 Å². The first kappa shape index (κ1) is 15.0. The molecule has 5 heteroatoms. The van der Waals surface area contributed by atoms with E-state index in [-0.39, 0.29) is 19.1 Å². The van der Waals surface area contributed by atoms with Crippen LogP contribution in [-0.4, -0.2) is 41.5 Å². The summed E-state index contributed by atoms with van der Waals surface area (Å²) < 4.78 is 5.41. The van der Waals surface area contributed by atoms with Gasteiger partial charge in [-0.05, 0) is 24.3 Å². The molecule has 2 rings (SSSR count). The topological polar surface area (TPSA) is 78.8 Å². The Morgan fingerprint density at radius 1 is 1.35 bits per heavy atom. The van der Waals surface area contributed by atoms with Crippen LogP contribution in [-0.2, 0) is 16.1 Å². The number of hydrogen-bond acceptors (Lipinski definition) is 4. The number of aliphatic hydroxyl groups excluding tert-OH is 1. The van der Waals surface area contributed by atoms with Gasteiger partial charge in [0.1, 0.15) is 6.04 Å². The lowest BCUT2D eigenvalue weighted by molar-refractivity contribution is -0.140. The third-order valence-corrected chi connectivity index (χ3v) is 3.35. The summed E-state index contributed by atoms with van der Waals surface area (Å²) in [6, 6.07) is 9.18. The number of ether oxygens (including phenoxy) is 1. The summed E-state index contributed by atoms with van der Waals surface area (Å²) in [5, 5.41) is 21.7. The first-order valence-electron chi connectivity index (χ1n) is 6.92. The molecule has 110 valence electrons. The monoisotopic (exact) mass is 279 g/mol. The van der Waals surface area contributed by atoms with Gasteiger partial charge in [0, 0.05) is 6.54 Å². The van der Waals surface area contributed by atoms with Crippen LogP contribution >= 0.6 is 0 Å². The fraction of sp³-hybridized carbons (Fsp3) is 0.533. The van der Waals surface area contributed by atoms with Crippen LogP contribution < -0.4 is 5.32 Å². The van der Waals surface area contributed by atoms with Crippen LogP contribution in [0.25, 0.3) is 0 Å². The van der Waals surface area contributed by atoms with Gasteiger partial charge in [-0.2, -0.15) is 0 Å². The molecule has 0 aromatic heterocycles. The summed E-state index contributed by atoms with van der Waals surface area (Å²) in [4.78, 5) is 11.0. The van der Waals surface area contributed by atoms with Crippen molar-refractivity contribution in [3.05, 3.63) is 35.9 Å². The molecule has 2 unspecified atom stereocenters. The number of aliphatic carboxylic acids is 1. The Hall–Kier alpha value is -1.43. The molecule has 20 heavy (non-hydrogen) atoms. The molecule has 1 fully saturated rings. The van der Waals surface area contributed by atoms with Gasteiger partial charge in [-0.3, -0.25) is 4.79 Å². The fourth-order valence-electron chi connectivity index (χ4n) is 2.09. The molecule has 1 aliphatic rings. The van der Waals surface area contributed by atoms with Crippen LogP contribution in [0.15, 0.2) is 30.3 Å². The number of carbonyl (C=O) groups is 1. The van der Waals surface area contributed by atoms with E-state index >= 15 is 0 Å². The third kappa shape index (κ3) is 4.92. The molecule has 2 atom stereocenters. The van der Waals surface area contributed by atoms with Crippen molar-refractivity contribution in [1.82, 2.24) is 5.32 Å². The number of nitrogens with one attached hydrogen (secondary N) is 1. The highest BCUT2D eigenvalue weighted by molar-refractivity contribution is 5.74. The van der Waals surface area contributed by atoms with E-state index in [1.54, 1.807) is 0 Å². The quantitative estimate of drug-likeness (QED) is 0.629. The molecule has 0 saturated heterocycles. The van der Waals surface area contributed by atoms with Crippen molar-refractivity contribution in [2.45, 2.75) is 31.6 Å². The average Bonchev–Trinajstić information content (AvgIpc) is 3.24. The zero-order valence-corrected chi connectivity index (χ0v) is 11.4. The van der Waals surface area contributed by atoms with Gasteiger partial charge in [-0.15, -0.1) is 0 Å². The van der Waals surface area contributed by atoms with Gasteiger partial charge in [-0.1, -0.05) is 30.3 Å². The highest BCUT2D eigenvalue weighted by Crippen LogP contribution is 2.32. The van der Waals surface area contributed by atoms with Crippen LogP contribution in [0.1, 0.15) is 18.4 Å². The lowest BCUT2D eigenvalue weighted by atomic mass is 10.2. The lowest BCUT2D eigenvalue weighted by Gasteiger charge is -2.17. The number of hydrogen-bond donors (Lipinski definition) is 3. The molecule has 0 amide bonds. The summed E-state index contributed by atoms with van der Waals surface area (Å²) >= 11 is 0. The van der Waals surface area contributed by atoms with E-state index in [1.165, 1.54) is 0 Å². The first-order chi connectivity index (χ1) is 9.66. The van der Waals surface area contributed by atoms with Crippen molar-refractivity contribution in [3.63, 3.8) is 0 Å². The van der Waals surface area contributed by atoms with Gasteiger partial charge in [0.05, 0.1) is 19.3 Å². The Kier molecular flexibility index (Phi) is 5.52. The Bertz CT molecular complexity index is 419. The van der Waals surface area contributed by atoms with Crippen molar-refractivity contribution >= 4 is 5.97 Å². The number of carboxylic acids is 1. The predicted octanol–water partition coefficient (Wildman–Crippen LogP) is 1.02. The minimum atomic E-state index is -0.843. The Morgan fingerprint density at radius 3 is 2.65 bits per heavy atom. The highest BCUT2D eigenvalue weighted by Gasteiger charge is 2.36. The van der Waals surface area contributed by atoms with Gasteiger partial charge in [0.25, 0.3) is 0 Å². The van der Waals surface area contributed by atoms with Crippen LogP contribution in [0.3, 0.4) is 0 Å². The largest absolute Gasteiger partial charge is 0.480 e. The number of benzene rings is 1. The normalized spacial score (nSPS) is 17.6. The van der Waals surface area contributed by atoms with E-state index in [4.69, 9.17) is 9.84 Å². The highest BCUT2D eigenvalue weighted by atomic mass is 16.5. The summed E-state index contributed by atoms with van der Waals surface area (Å²) in [7, 11) is 0. The Balaban J connectivity index is 1.62. The van der Waals surface area contributed by atoms with Gasteiger partial charge < -0.3 is 20.3 Å². The van der Waals surface area contributed by atoms with Crippen LogP contribution in [0.2, 0.25) is 0 Å². The maximum Gasteiger partial charge on any atom is 0.320 e. The standard InChI is InChI=1S/C15H21NO4/c17-13(8-16-14(15(18)19)12-6-7-12)10-20-9-11-4-2-1-3-5-11/h1-5,12-14,16-17H,6-10H2,(H,18,19). The van der Waals surface area contributed by atoms with Gasteiger partial charge >= 0.3 is 5.97 Å². The molecule has 0 spiro atoms. The smallest absolute Gasteiger partial charge is 0.320 e. The molecule has 1 saturated carbocycles. The molecule has 1 aromatic rings. The maximum absolute atomic E-state index is 11.0.